The minimum Gasteiger partial charge on any atom is -0.496 e. The summed E-state index contributed by atoms with van der Waals surface area (Å²) in [4.78, 5) is 9.08. The molecule has 1 aromatic rings. The number of rotatable bonds is 6. The molecule has 1 heterocycles. The van der Waals surface area contributed by atoms with E-state index in [-0.39, 0.29) is 0 Å². The first-order valence-corrected chi connectivity index (χ1v) is 8.90. The first-order chi connectivity index (χ1) is 11.6. The average molecular weight is 332 g/mol. The van der Waals surface area contributed by atoms with Crippen molar-refractivity contribution in [1.29, 1.82) is 0 Å². The van der Waals surface area contributed by atoms with Crippen LogP contribution in [-0.4, -0.2) is 63.1 Å². The van der Waals surface area contributed by atoms with Gasteiger partial charge < -0.3 is 19.9 Å². The summed E-state index contributed by atoms with van der Waals surface area (Å²) in [6.45, 7) is 7.57. The van der Waals surface area contributed by atoms with Gasteiger partial charge in [-0.15, -0.1) is 0 Å². The van der Waals surface area contributed by atoms with Gasteiger partial charge in [-0.05, 0) is 37.9 Å². The van der Waals surface area contributed by atoms with Crippen LogP contribution in [0.5, 0.6) is 5.75 Å². The van der Waals surface area contributed by atoms with Crippen LogP contribution in [0, 0.1) is 5.92 Å². The molecule has 0 unspecified atom stereocenters. The van der Waals surface area contributed by atoms with Gasteiger partial charge in [-0.2, -0.15) is 0 Å². The van der Waals surface area contributed by atoms with E-state index in [1.165, 1.54) is 25.9 Å². The van der Waals surface area contributed by atoms with Crippen LogP contribution in [0.25, 0.3) is 0 Å². The first kappa shape index (κ1) is 18.6. The van der Waals surface area contributed by atoms with Crippen molar-refractivity contribution in [1.82, 2.24) is 15.1 Å². The largest absolute Gasteiger partial charge is 0.496 e. The van der Waals surface area contributed by atoms with Crippen molar-refractivity contribution in [2.45, 2.75) is 26.3 Å². The van der Waals surface area contributed by atoms with E-state index in [2.05, 4.69) is 40.1 Å². The number of likely N-dealkylation sites (tertiary alicyclic amines) is 1. The number of methoxy groups -OCH3 is 1. The minimum atomic E-state index is 0.769. The third kappa shape index (κ3) is 5.41. The zero-order valence-corrected chi connectivity index (χ0v) is 15.6. The summed E-state index contributed by atoms with van der Waals surface area (Å²) < 4.78 is 5.44. The molecule has 1 N–H and O–H groups in total. The van der Waals surface area contributed by atoms with Gasteiger partial charge in [0.05, 0.1) is 7.11 Å². The number of hydrogen-bond donors (Lipinski definition) is 1. The molecule has 0 amide bonds. The lowest BCUT2D eigenvalue weighted by atomic mass is 9.99. The number of nitrogens with zero attached hydrogens (tertiary/aromatic N) is 3. The van der Waals surface area contributed by atoms with Gasteiger partial charge in [-0.1, -0.05) is 25.1 Å². The maximum atomic E-state index is 5.44. The predicted octanol–water partition coefficient (Wildman–Crippen LogP) is 2.43. The summed E-state index contributed by atoms with van der Waals surface area (Å²) >= 11 is 0. The molecule has 0 spiro atoms. The van der Waals surface area contributed by atoms with Crippen molar-refractivity contribution in [3.05, 3.63) is 29.8 Å². The van der Waals surface area contributed by atoms with E-state index in [4.69, 9.17) is 4.74 Å². The zero-order chi connectivity index (χ0) is 17.4. The summed E-state index contributed by atoms with van der Waals surface area (Å²) in [5, 5.41) is 3.48. The molecule has 1 aliphatic heterocycles. The maximum Gasteiger partial charge on any atom is 0.193 e. The van der Waals surface area contributed by atoms with Gasteiger partial charge in [0.2, 0.25) is 0 Å². The van der Waals surface area contributed by atoms with Crippen molar-refractivity contribution < 1.29 is 4.74 Å². The standard InChI is InChI=1S/C19H32N4O/c1-16-9-12-23(13-10-16)14-11-21-19(20-2)22(3)15-17-7-5-6-8-18(17)24-4/h5-8,16H,9-15H2,1-4H3,(H,20,21). The maximum absolute atomic E-state index is 5.44. The highest BCUT2D eigenvalue weighted by molar-refractivity contribution is 5.79. The Morgan fingerprint density at radius 1 is 1.33 bits per heavy atom. The lowest BCUT2D eigenvalue weighted by Crippen LogP contribution is -2.43. The predicted molar refractivity (Wildman–Crippen MR) is 101 cm³/mol. The Bertz CT molecular complexity index is 524. The molecule has 0 bridgehead atoms. The fraction of sp³-hybridized carbons (Fsp3) is 0.632. The molecule has 1 fully saturated rings. The topological polar surface area (TPSA) is 40.1 Å². The van der Waals surface area contributed by atoms with Crippen molar-refractivity contribution >= 4 is 5.96 Å². The lowest BCUT2D eigenvalue weighted by molar-refractivity contribution is 0.195. The molecule has 1 aromatic carbocycles. The van der Waals surface area contributed by atoms with Gasteiger partial charge >= 0.3 is 0 Å². The quantitative estimate of drug-likeness (QED) is 0.642. The molecular formula is C19H32N4O. The highest BCUT2D eigenvalue weighted by Crippen LogP contribution is 2.18. The second-order valence-corrected chi connectivity index (χ2v) is 6.67. The molecule has 0 radical (unpaired) electrons. The number of guanidine groups is 1. The first-order valence-electron chi connectivity index (χ1n) is 8.90. The Balaban J connectivity index is 1.80. The number of ether oxygens (including phenoxy) is 1. The van der Waals surface area contributed by atoms with Gasteiger partial charge in [-0.25, -0.2) is 0 Å². The van der Waals surface area contributed by atoms with E-state index in [1.807, 2.05) is 25.2 Å². The molecule has 134 valence electrons. The van der Waals surface area contributed by atoms with E-state index >= 15 is 0 Å². The number of aliphatic imine (C=N–C) groups is 1. The third-order valence-electron chi connectivity index (χ3n) is 4.76. The van der Waals surface area contributed by atoms with Crippen molar-refractivity contribution in [2.75, 3.05) is 47.4 Å². The Kier molecular flexibility index (Phi) is 7.37. The Hall–Kier alpha value is -1.75. The van der Waals surface area contributed by atoms with E-state index in [9.17, 15) is 0 Å². The normalized spacial score (nSPS) is 16.9. The fourth-order valence-electron chi connectivity index (χ4n) is 3.16. The molecule has 0 aliphatic carbocycles. The smallest absolute Gasteiger partial charge is 0.193 e. The van der Waals surface area contributed by atoms with E-state index in [0.29, 0.717) is 0 Å². The van der Waals surface area contributed by atoms with Crippen molar-refractivity contribution in [3.8, 4) is 5.75 Å². The average Bonchev–Trinajstić information content (AvgIpc) is 2.60. The Morgan fingerprint density at radius 2 is 2.04 bits per heavy atom. The van der Waals surface area contributed by atoms with Crippen LogP contribution in [0.4, 0.5) is 0 Å². The zero-order valence-electron chi connectivity index (χ0n) is 15.6. The van der Waals surface area contributed by atoms with Crippen LogP contribution >= 0.6 is 0 Å². The number of piperidine rings is 1. The summed E-state index contributed by atoms with van der Waals surface area (Å²) in [5.41, 5.74) is 1.16. The van der Waals surface area contributed by atoms with Gasteiger partial charge in [0.15, 0.2) is 5.96 Å². The van der Waals surface area contributed by atoms with Crippen LogP contribution in [0.1, 0.15) is 25.3 Å². The SMILES string of the molecule is CN=C(NCCN1CCC(C)CC1)N(C)Cc1ccccc1OC. The molecule has 0 saturated carbocycles. The molecule has 24 heavy (non-hydrogen) atoms. The molecule has 0 atom stereocenters. The van der Waals surface area contributed by atoms with E-state index in [1.54, 1.807) is 7.11 Å². The molecule has 5 heteroatoms. The van der Waals surface area contributed by atoms with Crippen LogP contribution in [0.3, 0.4) is 0 Å². The van der Waals surface area contributed by atoms with Gasteiger partial charge in [0.1, 0.15) is 5.75 Å². The molecular weight excluding hydrogens is 300 g/mol. The fourth-order valence-corrected chi connectivity index (χ4v) is 3.16. The molecule has 1 aliphatic rings. The summed E-state index contributed by atoms with van der Waals surface area (Å²) in [6, 6.07) is 8.13. The number of benzene rings is 1. The van der Waals surface area contributed by atoms with E-state index in [0.717, 1.165) is 42.8 Å². The molecule has 5 nitrogen and oxygen atoms in total. The van der Waals surface area contributed by atoms with E-state index < -0.39 is 0 Å². The van der Waals surface area contributed by atoms with Crippen LogP contribution in [-0.2, 0) is 6.54 Å². The summed E-state index contributed by atoms with van der Waals surface area (Å²) in [6.07, 6.45) is 2.64. The van der Waals surface area contributed by atoms with Crippen LogP contribution in [0.15, 0.2) is 29.3 Å². The lowest BCUT2D eigenvalue weighted by Gasteiger charge is -2.30. The monoisotopic (exact) mass is 332 g/mol. The highest BCUT2D eigenvalue weighted by Gasteiger charge is 2.15. The number of hydrogen-bond acceptors (Lipinski definition) is 3. The van der Waals surface area contributed by atoms with Gasteiger partial charge in [-0.3, -0.25) is 4.99 Å². The van der Waals surface area contributed by atoms with Crippen molar-refractivity contribution in [2.24, 2.45) is 10.9 Å². The number of para-hydroxylation sites is 1. The Morgan fingerprint density at radius 3 is 2.71 bits per heavy atom. The minimum absolute atomic E-state index is 0.769. The van der Waals surface area contributed by atoms with Gasteiger partial charge in [0, 0.05) is 39.3 Å². The second kappa shape index (κ2) is 9.52. The number of nitrogens with one attached hydrogen (secondary N) is 1. The molecule has 1 saturated heterocycles. The summed E-state index contributed by atoms with van der Waals surface area (Å²) in [7, 11) is 5.61. The van der Waals surface area contributed by atoms with Gasteiger partial charge in [0.25, 0.3) is 0 Å². The second-order valence-electron chi connectivity index (χ2n) is 6.67. The molecule has 2 rings (SSSR count). The van der Waals surface area contributed by atoms with Crippen molar-refractivity contribution in [3.63, 3.8) is 0 Å². The Labute approximate surface area is 146 Å². The third-order valence-corrected chi connectivity index (χ3v) is 4.76. The van der Waals surface area contributed by atoms with Crippen LogP contribution in [0.2, 0.25) is 0 Å². The summed E-state index contributed by atoms with van der Waals surface area (Å²) in [5.74, 6) is 2.72. The molecule has 0 aromatic heterocycles. The highest BCUT2D eigenvalue weighted by atomic mass is 16.5. The van der Waals surface area contributed by atoms with Crippen LogP contribution < -0.4 is 10.1 Å².